The molecule has 4 aromatic rings. The lowest BCUT2D eigenvalue weighted by molar-refractivity contribution is 1.25. The Kier molecular flexibility index (Phi) is 5.11. The molecule has 0 radical (unpaired) electrons. The van der Waals surface area contributed by atoms with Gasteiger partial charge in [0.05, 0.1) is 28.1 Å². The van der Waals surface area contributed by atoms with Crippen molar-refractivity contribution in [1.82, 2.24) is 9.97 Å². The van der Waals surface area contributed by atoms with Gasteiger partial charge in [0.1, 0.15) is 5.71 Å². The van der Waals surface area contributed by atoms with Gasteiger partial charge in [-0.3, -0.25) is 10.9 Å². The van der Waals surface area contributed by atoms with E-state index in [1.54, 1.807) is 0 Å². The maximum Gasteiger partial charge on any atom is 0.160 e. The van der Waals surface area contributed by atoms with Crippen LogP contribution in [0.15, 0.2) is 95.1 Å². The monoisotopic (exact) mass is 368 g/mol. The molecule has 1 heterocycles. The highest BCUT2D eigenvalue weighted by Gasteiger charge is 2.13. The highest BCUT2D eigenvalue weighted by Crippen LogP contribution is 2.13. The van der Waals surface area contributed by atoms with Gasteiger partial charge >= 0.3 is 0 Å². The Morgan fingerprint density at radius 2 is 1.32 bits per heavy atom. The van der Waals surface area contributed by atoms with Crippen LogP contribution in [-0.4, -0.2) is 21.4 Å². The first-order valence-corrected chi connectivity index (χ1v) is 8.99. The molecule has 3 aromatic carbocycles. The molecule has 0 aliphatic carbocycles. The van der Waals surface area contributed by atoms with E-state index in [9.17, 15) is 0 Å². The number of anilines is 2. The standard InChI is InChI=1S/C22H20N6/c1-16(25-26-17-10-4-2-5-11-17)21(28-27-18-12-6-3-7-13-18)22-23-19-14-8-9-15-20(19)24-22/h2-15,26-27H,1H3,(H,23,24)/b25-16?,28-21+. The molecule has 6 nitrogen and oxygen atoms in total. The van der Waals surface area contributed by atoms with E-state index >= 15 is 0 Å². The fourth-order valence-corrected chi connectivity index (χ4v) is 2.72. The molecule has 0 unspecified atom stereocenters. The molecule has 0 saturated heterocycles. The normalized spacial score (nSPS) is 12.2. The van der Waals surface area contributed by atoms with Gasteiger partial charge in [-0.2, -0.15) is 10.2 Å². The number of nitrogens with one attached hydrogen (secondary N) is 3. The van der Waals surface area contributed by atoms with Crippen LogP contribution in [-0.2, 0) is 0 Å². The summed E-state index contributed by atoms with van der Waals surface area (Å²) in [6, 6.07) is 27.5. The van der Waals surface area contributed by atoms with Gasteiger partial charge in [-0.05, 0) is 43.3 Å². The van der Waals surface area contributed by atoms with Gasteiger partial charge in [-0.25, -0.2) is 4.98 Å². The van der Waals surface area contributed by atoms with Crippen molar-refractivity contribution in [2.45, 2.75) is 6.92 Å². The molecule has 3 N–H and O–H groups in total. The minimum absolute atomic E-state index is 0.628. The van der Waals surface area contributed by atoms with Gasteiger partial charge in [0.2, 0.25) is 0 Å². The van der Waals surface area contributed by atoms with Crippen LogP contribution in [0.3, 0.4) is 0 Å². The maximum absolute atomic E-state index is 4.67. The van der Waals surface area contributed by atoms with Gasteiger partial charge in [0.15, 0.2) is 5.82 Å². The molecule has 0 saturated carbocycles. The fourth-order valence-electron chi connectivity index (χ4n) is 2.72. The summed E-state index contributed by atoms with van der Waals surface area (Å²) < 4.78 is 0. The number of H-pyrrole nitrogens is 1. The number of para-hydroxylation sites is 4. The Morgan fingerprint density at radius 1 is 0.750 bits per heavy atom. The molecule has 28 heavy (non-hydrogen) atoms. The third-order valence-corrected chi connectivity index (χ3v) is 4.15. The van der Waals surface area contributed by atoms with Crippen molar-refractivity contribution >= 4 is 33.8 Å². The molecule has 0 aliphatic heterocycles. The summed E-state index contributed by atoms with van der Waals surface area (Å²) >= 11 is 0. The molecule has 0 amide bonds. The number of aromatic amines is 1. The first-order chi connectivity index (χ1) is 13.8. The zero-order valence-corrected chi connectivity index (χ0v) is 15.4. The van der Waals surface area contributed by atoms with Crippen molar-refractivity contribution in [3.05, 3.63) is 90.8 Å². The number of benzene rings is 3. The molecular formula is C22H20N6. The van der Waals surface area contributed by atoms with Crippen molar-refractivity contribution < 1.29 is 0 Å². The van der Waals surface area contributed by atoms with Crippen LogP contribution in [0, 0.1) is 0 Å². The largest absolute Gasteiger partial charge is 0.337 e. The molecule has 0 atom stereocenters. The van der Waals surface area contributed by atoms with E-state index in [0.717, 1.165) is 22.4 Å². The number of fused-ring (bicyclic) bond motifs is 1. The van der Waals surface area contributed by atoms with Gasteiger partial charge in [-0.1, -0.05) is 48.5 Å². The first-order valence-electron chi connectivity index (χ1n) is 8.99. The second kappa shape index (κ2) is 8.18. The molecule has 0 bridgehead atoms. The van der Waals surface area contributed by atoms with Crippen LogP contribution < -0.4 is 10.9 Å². The molecule has 4 rings (SSSR count). The molecule has 1 aromatic heterocycles. The van der Waals surface area contributed by atoms with E-state index in [1.165, 1.54) is 0 Å². The molecule has 0 fully saturated rings. The van der Waals surface area contributed by atoms with Crippen molar-refractivity contribution in [2.75, 3.05) is 10.9 Å². The van der Waals surface area contributed by atoms with E-state index in [-0.39, 0.29) is 0 Å². The Labute approximate surface area is 163 Å². The number of nitrogens with zero attached hydrogens (tertiary/aromatic N) is 3. The highest BCUT2D eigenvalue weighted by molar-refractivity contribution is 6.47. The smallest absolute Gasteiger partial charge is 0.160 e. The summed E-state index contributed by atoms with van der Waals surface area (Å²) in [5, 5.41) is 9.06. The van der Waals surface area contributed by atoms with E-state index < -0.39 is 0 Å². The third kappa shape index (κ3) is 4.07. The summed E-state index contributed by atoms with van der Waals surface area (Å²) in [6.45, 7) is 1.90. The van der Waals surface area contributed by atoms with Crippen LogP contribution in [0.25, 0.3) is 11.0 Å². The first kappa shape index (κ1) is 17.5. The Bertz CT molecular complexity index is 1080. The Hall–Kier alpha value is -3.93. The molecular weight excluding hydrogens is 348 g/mol. The number of rotatable bonds is 6. The van der Waals surface area contributed by atoms with Crippen molar-refractivity contribution in [3.63, 3.8) is 0 Å². The van der Waals surface area contributed by atoms with Crippen LogP contribution >= 0.6 is 0 Å². The average molecular weight is 368 g/mol. The van der Waals surface area contributed by atoms with E-state index in [4.69, 9.17) is 0 Å². The molecule has 0 aliphatic rings. The quantitative estimate of drug-likeness (QED) is 0.336. The number of imidazole rings is 1. The summed E-state index contributed by atoms with van der Waals surface area (Å²) in [4.78, 5) is 7.99. The number of hydrogen-bond donors (Lipinski definition) is 3. The zero-order valence-electron chi connectivity index (χ0n) is 15.4. The molecule has 138 valence electrons. The van der Waals surface area contributed by atoms with E-state index in [2.05, 4.69) is 31.0 Å². The SMILES string of the molecule is CC(=NNc1ccccc1)/C(=N\Nc1ccccc1)c1nc2ccccc2[nH]1. The average Bonchev–Trinajstić information content (AvgIpc) is 3.18. The lowest BCUT2D eigenvalue weighted by Crippen LogP contribution is -2.17. The second-order valence-corrected chi connectivity index (χ2v) is 6.22. The summed E-state index contributed by atoms with van der Waals surface area (Å²) in [7, 11) is 0. The van der Waals surface area contributed by atoms with Crippen LogP contribution in [0.4, 0.5) is 11.4 Å². The minimum Gasteiger partial charge on any atom is -0.337 e. The van der Waals surface area contributed by atoms with Crippen molar-refractivity contribution in [2.24, 2.45) is 10.2 Å². The molecule has 0 spiro atoms. The highest BCUT2D eigenvalue weighted by atomic mass is 15.3. The summed E-state index contributed by atoms with van der Waals surface area (Å²) in [6.07, 6.45) is 0. The van der Waals surface area contributed by atoms with Crippen LogP contribution in [0.2, 0.25) is 0 Å². The predicted molar refractivity (Wildman–Crippen MR) is 116 cm³/mol. The maximum atomic E-state index is 4.67. The lowest BCUT2D eigenvalue weighted by Gasteiger charge is -2.07. The number of hydrazone groups is 2. The lowest BCUT2D eigenvalue weighted by atomic mass is 10.2. The van der Waals surface area contributed by atoms with Gasteiger partial charge in [0.25, 0.3) is 0 Å². The zero-order chi connectivity index (χ0) is 19.2. The van der Waals surface area contributed by atoms with Crippen molar-refractivity contribution in [3.8, 4) is 0 Å². The Balaban J connectivity index is 1.67. The fraction of sp³-hybridized carbons (Fsp3) is 0.0455. The topological polar surface area (TPSA) is 77.5 Å². The Morgan fingerprint density at radius 3 is 1.96 bits per heavy atom. The third-order valence-electron chi connectivity index (χ3n) is 4.15. The van der Waals surface area contributed by atoms with Crippen LogP contribution in [0.1, 0.15) is 12.7 Å². The molecule has 6 heteroatoms. The van der Waals surface area contributed by atoms with E-state index in [0.29, 0.717) is 17.2 Å². The van der Waals surface area contributed by atoms with Crippen molar-refractivity contribution in [1.29, 1.82) is 0 Å². The van der Waals surface area contributed by atoms with Gasteiger partial charge < -0.3 is 4.98 Å². The summed E-state index contributed by atoms with van der Waals surface area (Å²) in [5.41, 5.74) is 11.1. The predicted octanol–water partition coefficient (Wildman–Crippen LogP) is 4.87. The van der Waals surface area contributed by atoms with Gasteiger partial charge in [-0.15, -0.1) is 0 Å². The second-order valence-electron chi connectivity index (χ2n) is 6.22. The van der Waals surface area contributed by atoms with E-state index in [1.807, 2.05) is 91.9 Å². The minimum atomic E-state index is 0.628. The number of hydrogen-bond acceptors (Lipinski definition) is 5. The van der Waals surface area contributed by atoms with Gasteiger partial charge in [0, 0.05) is 0 Å². The number of aromatic nitrogens is 2. The van der Waals surface area contributed by atoms with Crippen LogP contribution in [0.5, 0.6) is 0 Å². The summed E-state index contributed by atoms with van der Waals surface area (Å²) in [5.74, 6) is 0.653.